The van der Waals surface area contributed by atoms with E-state index in [0.717, 1.165) is 12.8 Å². The van der Waals surface area contributed by atoms with Crippen molar-refractivity contribution in [2.45, 2.75) is 46.3 Å². The van der Waals surface area contributed by atoms with E-state index in [9.17, 15) is 4.79 Å². The van der Waals surface area contributed by atoms with Crippen LogP contribution in [0.5, 0.6) is 0 Å². The van der Waals surface area contributed by atoms with Crippen molar-refractivity contribution in [2.75, 3.05) is 13.2 Å². The molecule has 17 heavy (non-hydrogen) atoms. The van der Waals surface area contributed by atoms with Gasteiger partial charge in [-0.15, -0.1) is 0 Å². The molecule has 0 spiro atoms. The quantitative estimate of drug-likeness (QED) is 0.291. The number of carbonyl (C=O) groups excluding carboxylic acids is 1. The molecule has 0 atom stereocenters. The van der Waals surface area contributed by atoms with Crippen molar-refractivity contribution in [1.82, 2.24) is 0 Å². The average molecular weight is 260 g/mol. The van der Waals surface area contributed by atoms with Crippen molar-refractivity contribution >= 4 is 14.3 Å². The van der Waals surface area contributed by atoms with Crippen LogP contribution >= 0.6 is 0 Å². The Kier molecular flexibility index (Phi) is 7.70. The molecule has 5 heteroatoms. The molecule has 0 amide bonds. The summed E-state index contributed by atoms with van der Waals surface area (Å²) >= 11 is 0. The Bertz CT molecular complexity index is 256. The summed E-state index contributed by atoms with van der Waals surface area (Å²) < 4.78 is 16.0. The highest BCUT2D eigenvalue weighted by Crippen LogP contribution is 2.12. The minimum atomic E-state index is -1.77. The Labute approximate surface area is 105 Å². The highest BCUT2D eigenvalue weighted by Gasteiger charge is 2.19. The molecular formula is C12H24O4Si. The van der Waals surface area contributed by atoms with E-state index >= 15 is 0 Å². The number of ether oxygens (including phenoxy) is 2. The summed E-state index contributed by atoms with van der Waals surface area (Å²) in [6.45, 7) is 11.0. The molecule has 0 saturated heterocycles. The topological polar surface area (TPSA) is 44.8 Å². The van der Waals surface area contributed by atoms with Crippen LogP contribution < -0.4 is 0 Å². The number of hydrogen-bond donors (Lipinski definition) is 0. The van der Waals surface area contributed by atoms with Crippen LogP contribution in [0.1, 0.15) is 26.7 Å². The van der Waals surface area contributed by atoms with E-state index in [4.69, 9.17) is 13.9 Å². The van der Waals surface area contributed by atoms with Crippen LogP contribution in [0, 0.1) is 0 Å². The predicted octanol–water partition coefficient (Wildman–Crippen LogP) is 3.06. The van der Waals surface area contributed by atoms with E-state index in [1.54, 1.807) is 0 Å². The first-order valence-corrected chi connectivity index (χ1v) is 9.50. The SMILES string of the molecule is CCCOC(=O)/C=C(/OCCC)O[Si](C)(C)C. The highest BCUT2D eigenvalue weighted by atomic mass is 28.4. The first kappa shape index (κ1) is 16.0. The third kappa shape index (κ3) is 9.93. The first-order valence-electron chi connectivity index (χ1n) is 6.09. The normalized spacial score (nSPS) is 12.2. The van der Waals surface area contributed by atoms with Gasteiger partial charge in [-0.25, -0.2) is 4.79 Å². The van der Waals surface area contributed by atoms with Gasteiger partial charge in [0.05, 0.1) is 13.2 Å². The zero-order valence-corrected chi connectivity index (χ0v) is 12.5. The van der Waals surface area contributed by atoms with Gasteiger partial charge in [0.25, 0.3) is 5.95 Å². The van der Waals surface area contributed by atoms with Crippen LogP contribution in [0.4, 0.5) is 0 Å². The molecule has 0 fully saturated rings. The van der Waals surface area contributed by atoms with Crippen LogP contribution in [0.15, 0.2) is 12.0 Å². The van der Waals surface area contributed by atoms with Gasteiger partial charge in [0.15, 0.2) is 0 Å². The summed E-state index contributed by atoms with van der Waals surface area (Å²) in [4.78, 5) is 11.4. The van der Waals surface area contributed by atoms with Crippen molar-refractivity contribution < 1.29 is 18.7 Å². The fourth-order valence-corrected chi connectivity index (χ4v) is 1.67. The Balaban J connectivity index is 4.43. The maximum atomic E-state index is 11.4. The Morgan fingerprint density at radius 1 is 1.06 bits per heavy atom. The third-order valence-corrected chi connectivity index (χ3v) is 2.35. The zero-order valence-electron chi connectivity index (χ0n) is 11.5. The van der Waals surface area contributed by atoms with E-state index in [0.29, 0.717) is 13.2 Å². The van der Waals surface area contributed by atoms with Crippen LogP contribution in [-0.2, 0) is 18.7 Å². The lowest BCUT2D eigenvalue weighted by atomic mass is 10.5. The average Bonchev–Trinajstić information content (AvgIpc) is 2.21. The third-order valence-electron chi connectivity index (χ3n) is 1.54. The smallest absolute Gasteiger partial charge is 0.337 e. The van der Waals surface area contributed by atoms with Gasteiger partial charge >= 0.3 is 5.97 Å². The maximum absolute atomic E-state index is 11.4. The molecule has 0 N–H and O–H groups in total. The zero-order chi connectivity index (χ0) is 13.3. The molecule has 0 radical (unpaired) electrons. The number of rotatable bonds is 8. The second kappa shape index (κ2) is 8.17. The summed E-state index contributed by atoms with van der Waals surface area (Å²) in [5, 5.41) is 0. The molecule has 0 aromatic rings. The first-order chi connectivity index (χ1) is 7.89. The molecule has 0 aliphatic heterocycles. The van der Waals surface area contributed by atoms with Gasteiger partial charge in [-0.3, -0.25) is 0 Å². The fraction of sp³-hybridized carbons (Fsp3) is 0.750. The van der Waals surface area contributed by atoms with Crippen molar-refractivity contribution in [2.24, 2.45) is 0 Å². The summed E-state index contributed by atoms with van der Waals surface area (Å²) in [5.74, 6) is -0.122. The number of carbonyl (C=O) groups is 1. The van der Waals surface area contributed by atoms with Crippen LogP contribution in [-0.4, -0.2) is 27.5 Å². The van der Waals surface area contributed by atoms with E-state index < -0.39 is 14.3 Å². The minimum Gasteiger partial charge on any atom is -0.520 e. The predicted molar refractivity (Wildman–Crippen MR) is 70.0 cm³/mol. The van der Waals surface area contributed by atoms with Crippen LogP contribution in [0.3, 0.4) is 0 Å². The van der Waals surface area contributed by atoms with Crippen LogP contribution in [0.2, 0.25) is 19.6 Å². The molecule has 0 saturated carbocycles. The van der Waals surface area contributed by atoms with Gasteiger partial charge in [0.2, 0.25) is 8.32 Å². The lowest BCUT2D eigenvalue weighted by Gasteiger charge is -2.21. The summed E-state index contributed by atoms with van der Waals surface area (Å²) in [5.41, 5.74) is 0. The van der Waals surface area contributed by atoms with Gasteiger partial charge in [0.1, 0.15) is 6.08 Å². The molecule has 0 aliphatic rings. The molecule has 0 rings (SSSR count). The Morgan fingerprint density at radius 3 is 2.06 bits per heavy atom. The van der Waals surface area contributed by atoms with E-state index in [2.05, 4.69) is 0 Å². The van der Waals surface area contributed by atoms with Crippen molar-refractivity contribution in [3.8, 4) is 0 Å². The van der Waals surface area contributed by atoms with Gasteiger partial charge in [-0.1, -0.05) is 13.8 Å². The van der Waals surface area contributed by atoms with Crippen molar-refractivity contribution in [1.29, 1.82) is 0 Å². The van der Waals surface area contributed by atoms with Crippen molar-refractivity contribution in [3.63, 3.8) is 0 Å². The highest BCUT2D eigenvalue weighted by molar-refractivity contribution is 6.70. The number of esters is 1. The summed E-state index contributed by atoms with van der Waals surface area (Å²) in [6, 6.07) is 0. The number of hydrogen-bond acceptors (Lipinski definition) is 4. The van der Waals surface area contributed by atoms with Crippen LogP contribution in [0.25, 0.3) is 0 Å². The van der Waals surface area contributed by atoms with E-state index in [-0.39, 0.29) is 5.95 Å². The second-order valence-corrected chi connectivity index (χ2v) is 9.12. The molecule has 0 heterocycles. The molecule has 0 aliphatic carbocycles. The summed E-state index contributed by atoms with van der Waals surface area (Å²) in [7, 11) is -1.77. The van der Waals surface area contributed by atoms with E-state index in [1.165, 1.54) is 6.08 Å². The lowest BCUT2D eigenvalue weighted by Crippen LogP contribution is -2.26. The molecule has 4 nitrogen and oxygen atoms in total. The minimum absolute atomic E-state index is 0.284. The monoisotopic (exact) mass is 260 g/mol. The Morgan fingerprint density at radius 2 is 1.59 bits per heavy atom. The van der Waals surface area contributed by atoms with Gasteiger partial charge in [-0.05, 0) is 32.5 Å². The fourth-order valence-electron chi connectivity index (χ4n) is 0.946. The van der Waals surface area contributed by atoms with Crippen molar-refractivity contribution in [3.05, 3.63) is 12.0 Å². The molecule has 0 unspecified atom stereocenters. The van der Waals surface area contributed by atoms with Gasteiger partial charge in [0, 0.05) is 0 Å². The molecule has 100 valence electrons. The van der Waals surface area contributed by atoms with Gasteiger partial charge < -0.3 is 13.9 Å². The molecule has 0 aromatic carbocycles. The molecular weight excluding hydrogens is 236 g/mol. The molecule has 0 bridgehead atoms. The second-order valence-electron chi connectivity index (χ2n) is 4.69. The van der Waals surface area contributed by atoms with Gasteiger partial charge in [-0.2, -0.15) is 0 Å². The lowest BCUT2D eigenvalue weighted by molar-refractivity contribution is -0.138. The standard InChI is InChI=1S/C12H24O4Si/c1-6-8-14-11(13)10-12(15-9-7-2)16-17(3,4)5/h10H,6-9H2,1-5H3/b12-10-. The van der Waals surface area contributed by atoms with E-state index in [1.807, 2.05) is 33.5 Å². The molecule has 0 aromatic heterocycles. The Hall–Kier alpha value is -0.973. The largest absolute Gasteiger partial charge is 0.520 e. The summed E-state index contributed by atoms with van der Waals surface area (Å²) in [6.07, 6.45) is 2.97. The maximum Gasteiger partial charge on any atom is 0.337 e.